The molecule has 0 aliphatic carbocycles. The maximum Gasteiger partial charge on any atom is 0.308 e. The molecule has 1 atom stereocenters. The second kappa shape index (κ2) is 10.4. The number of fused-ring (bicyclic) bond motifs is 1. The van der Waals surface area contributed by atoms with Crippen LogP contribution in [0.15, 0.2) is 42.5 Å². The van der Waals surface area contributed by atoms with E-state index in [1.165, 1.54) is 17.3 Å². The van der Waals surface area contributed by atoms with Crippen LogP contribution < -0.4 is 9.62 Å². The van der Waals surface area contributed by atoms with E-state index >= 15 is 0 Å². The minimum absolute atomic E-state index is 0.151. The van der Waals surface area contributed by atoms with E-state index in [4.69, 9.17) is 16.3 Å². The lowest BCUT2D eigenvalue weighted by atomic mass is 9.99. The van der Waals surface area contributed by atoms with Crippen LogP contribution in [0.3, 0.4) is 0 Å². The summed E-state index contributed by atoms with van der Waals surface area (Å²) in [5.41, 5.74) is 2.35. The van der Waals surface area contributed by atoms with Crippen molar-refractivity contribution in [2.45, 2.75) is 32.2 Å². The van der Waals surface area contributed by atoms with Gasteiger partial charge in [0.2, 0.25) is 15.9 Å². The van der Waals surface area contributed by atoms with Gasteiger partial charge < -0.3 is 10.1 Å². The zero-order valence-electron chi connectivity index (χ0n) is 18.3. The van der Waals surface area contributed by atoms with E-state index in [0.717, 1.165) is 11.8 Å². The summed E-state index contributed by atoms with van der Waals surface area (Å²) >= 11 is 5.90. The Balaban J connectivity index is 1.64. The first-order valence-corrected chi connectivity index (χ1v) is 12.6. The molecule has 33 heavy (non-hydrogen) atoms. The van der Waals surface area contributed by atoms with Gasteiger partial charge in [0.05, 0.1) is 24.4 Å². The lowest BCUT2D eigenvalue weighted by Crippen LogP contribution is -2.34. The Hall–Kier alpha value is -2.91. The fourth-order valence-electron chi connectivity index (χ4n) is 3.73. The summed E-state index contributed by atoms with van der Waals surface area (Å²) in [6.45, 7) is 1.29. The largest absolute Gasteiger partial charge is 0.457 e. The van der Waals surface area contributed by atoms with Gasteiger partial charge in [-0.1, -0.05) is 23.7 Å². The number of amides is 1. The van der Waals surface area contributed by atoms with Crippen LogP contribution in [0.1, 0.15) is 47.3 Å². The van der Waals surface area contributed by atoms with Gasteiger partial charge >= 0.3 is 5.97 Å². The van der Waals surface area contributed by atoms with Gasteiger partial charge in [0.15, 0.2) is 12.4 Å². The molecule has 2 aromatic rings. The van der Waals surface area contributed by atoms with Crippen LogP contribution in [0.4, 0.5) is 5.69 Å². The fourth-order valence-corrected chi connectivity index (χ4v) is 4.85. The number of anilines is 1. The average molecular weight is 493 g/mol. The number of nitrogens with one attached hydrogen (secondary N) is 1. The summed E-state index contributed by atoms with van der Waals surface area (Å²) in [4.78, 5) is 36.5. The Morgan fingerprint density at radius 1 is 1.15 bits per heavy atom. The van der Waals surface area contributed by atoms with Gasteiger partial charge in [-0.3, -0.25) is 18.7 Å². The third-order valence-corrected chi connectivity index (χ3v) is 6.69. The predicted octanol–water partition coefficient (Wildman–Crippen LogP) is 3.05. The fraction of sp³-hybridized carbons (Fsp3) is 0.348. The molecule has 0 saturated heterocycles. The van der Waals surface area contributed by atoms with Crippen molar-refractivity contribution in [2.75, 3.05) is 23.7 Å². The molecule has 1 amide bonds. The second-order valence-corrected chi connectivity index (χ2v) is 10.2. The van der Waals surface area contributed by atoms with Crippen molar-refractivity contribution in [3.05, 3.63) is 64.2 Å². The zero-order valence-corrected chi connectivity index (χ0v) is 19.9. The van der Waals surface area contributed by atoms with E-state index in [9.17, 15) is 22.8 Å². The molecule has 8 nitrogen and oxygen atoms in total. The quantitative estimate of drug-likeness (QED) is 0.448. The summed E-state index contributed by atoms with van der Waals surface area (Å²) in [5.74, 6) is -1.35. The number of hydrogen-bond acceptors (Lipinski definition) is 6. The van der Waals surface area contributed by atoms with Gasteiger partial charge in [-0.2, -0.15) is 0 Å². The van der Waals surface area contributed by atoms with E-state index in [2.05, 4.69) is 5.32 Å². The smallest absolute Gasteiger partial charge is 0.308 e. The number of carbonyl (C=O) groups excluding carboxylic acids is 3. The first-order valence-electron chi connectivity index (χ1n) is 10.4. The van der Waals surface area contributed by atoms with Crippen LogP contribution in [0.2, 0.25) is 5.02 Å². The maximum atomic E-state index is 12.6. The first-order chi connectivity index (χ1) is 15.5. The highest BCUT2D eigenvalue weighted by molar-refractivity contribution is 7.92. The van der Waals surface area contributed by atoms with E-state index in [1.54, 1.807) is 36.4 Å². The Morgan fingerprint density at radius 2 is 1.85 bits per heavy atom. The van der Waals surface area contributed by atoms with Crippen molar-refractivity contribution in [3.63, 3.8) is 0 Å². The van der Waals surface area contributed by atoms with Crippen molar-refractivity contribution in [1.82, 2.24) is 5.32 Å². The van der Waals surface area contributed by atoms with Gasteiger partial charge in [-0.05, 0) is 54.3 Å². The standard InChI is InChI=1S/C23H25ClN2O6S/c1-15(27)25-20(16-5-8-19(24)9-6-16)13-23(29)32-14-22(28)18-7-10-21-17(12-18)4-3-11-26(21)33(2,30)31/h5-10,12,20H,3-4,11,13-14H2,1-2H3,(H,25,27). The summed E-state index contributed by atoms with van der Waals surface area (Å²) in [5, 5.41) is 3.22. The van der Waals surface area contributed by atoms with Crippen molar-refractivity contribution < 1.29 is 27.5 Å². The molecule has 176 valence electrons. The van der Waals surface area contributed by atoms with E-state index in [1.807, 2.05) is 0 Å². The van der Waals surface area contributed by atoms with Crippen LogP contribution in [0.25, 0.3) is 0 Å². The molecule has 1 aliphatic heterocycles. The number of ether oxygens (including phenoxy) is 1. The predicted molar refractivity (Wildman–Crippen MR) is 125 cm³/mol. The number of sulfonamides is 1. The van der Waals surface area contributed by atoms with Gasteiger partial charge in [-0.15, -0.1) is 0 Å². The molecule has 10 heteroatoms. The summed E-state index contributed by atoms with van der Waals surface area (Å²) in [6, 6.07) is 10.9. The van der Waals surface area contributed by atoms with Crippen molar-refractivity contribution in [3.8, 4) is 0 Å². The molecule has 1 aliphatic rings. The second-order valence-electron chi connectivity index (χ2n) is 7.87. The van der Waals surface area contributed by atoms with Crippen LogP contribution >= 0.6 is 11.6 Å². The van der Waals surface area contributed by atoms with E-state index in [-0.39, 0.29) is 12.3 Å². The number of ketones is 1. The molecule has 0 aromatic heterocycles. The molecule has 3 rings (SSSR count). The van der Waals surface area contributed by atoms with Crippen LogP contribution in [0.5, 0.6) is 0 Å². The minimum Gasteiger partial charge on any atom is -0.457 e. The van der Waals surface area contributed by atoms with Crippen LogP contribution in [0, 0.1) is 0 Å². The van der Waals surface area contributed by atoms with E-state index < -0.39 is 34.4 Å². The summed E-state index contributed by atoms with van der Waals surface area (Å²) < 4.78 is 30.5. The zero-order chi connectivity index (χ0) is 24.2. The highest BCUT2D eigenvalue weighted by Gasteiger charge is 2.25. The van der Waals surface area contributed by atoms with Gasteiger partial charge in [0, 0.05) is 24.1 Å². The number of rotatable bonds is 8. The summed E-state index contributed by atoms with van der Waals surface area (Å²) in [6.07, 6.45) is 2.31. The third-order valence-electron chi connectivity index (χ3n) is 5.26. The number of hydrogen-bond donors (Lipinski definition) is 1. The first kappa shape index (κ1) is 24.7. The molecule has 0 fully saturated rings. The highest BCUT2D eigenvalue weighted by Crippen LogP contribution is 2.30. The van der Waals surface area contributed by atoms with Crippen LogP contribution in [-0.4, -0.2) is 45.5 Å². The normalized spacial score (nSPS) is 14.2. The van der Waals surface area contributed by atoms with Gasteiger partial charge in [0.25, 0.3) is 0 Å². The molecule has 0 spiro atoms. The molecule has 2 aromatic carbocycles. The number of nitrogens with zero attached hydrogens (tertiary/aromatic N) is 1. The molecule has 0 saturated carbocycles. The van der Waals surface area contributed by atoms with E-state index in [0.29, 0.717) is 41.2 Å². The molecule has 0 bridgehead atoms. The van der Waals surface area contributed by atoms with Gasteiger partial charge in [0.1, 0.15) is 0 Å². The molecule has 0 radical (unpaired) electrons. The molecule has 1 unspecified atom stereocenters. The number of Topliss-reactive ketones (excluding diaryl/α,β-unsaturated/α-hetero) is 1. The Kier molecular flexibility index (Phi) is 7.76. The number of aryl methyl sites for hydroxylation is 1. The highest BCUT2D eigenvalue weighted by atomic mass is 35.5. The Labute approximate surface area is 197 Å². The molecular formula is C23H25ClN2O6S. The SMILES string of the molecule is CC(=O)NC(CC(=O)OCC(=O)c1ccc2c(c1)CCCN2S(C)(=O)=O)c1ccc(Cl)cc1. The van der Waals surface area contributed by atoms with Gasteiger partial charge in [-0.25, -0.2) is 8.42 Å². The van der Waals surface area contributed by atoms with Crippen molar-refractivity contribution >= 4 is 45.0 Å². The number of halogens is 1. The third kappa shape index (κ3) is 6.55. The number of esters is 1. The lowest BCUT2D eigenvalue weighted by Gasteiger charge is -2.29. The molecule has 1 heterocycles. The average Bonchev–Trinajstić information content (AvgIpc) is 2.75. The molecular weight excluding hydrogens is 468 g/mol. The number of carbonyl (C=O) groups is 3. The number of benzene rings is 2. The Bertz CT molecular complexity index is 1160. The molecule has 1 N–H and O–H groups in total. The minimum atomic E-state index is -3.40. The summed E-state index contributed by atoms with van der Waals surface area (Å²) in [7, 11) is -3.40. The van der Waals surface area contributed by atoms with Crippen molar-refractivity contribution in [1.29, 1.82) is 0 Å². The van der Waals surface area contributed by atoms with Crippen molar-refractivity contribution in [2.24, 2.45) is 0 Å². The van der Waals surface area contributed by atoms with Crippen LogP contribution in [-0.2, 0) is 30.8 Å². The Morgan fingerprint density at radius 3 is 2.48 bits per heavy atom. The lowest BCUT2D eigenvalue weighted by molar-refractivity contribution is -0.143. The maximum absolute atomic E-state index is 12.6. The topological polar surface area (TPSA) is 110 Å². The monoisotopic (exact) mass is 492 g/mol.